The summed E-state index contributed by atoms with van der Waals surface area (Å²) in [7, 11) is 0. The van der Waals surface area contributed by atoms with Gasteiger partial charge in [0.05, 0.1) is 21.9 Å². The van der Waals surface area contributed by atoms with Gasteiger partial charge in [-0.1, -0.05) is 23.7 Å². The Morgan fingerprint density at radius 2 is 1.74 bits per heavy atom. The highest BCUT2D eigenvalue weighted by molar-refractivity contribution is 6.33. The summed E-state index contributed by atoms with van der Waals surface area (Å²) in [5.74, 6) is 0. The van der Waals surface area contributed by atoms with Crippen molar-refractivity contribution in [3.8, 4) is 0 Å². The molecule has 0 aliphatic carbocycles. The van der Waals surface area contributed by atoms with Crippen LogP contribution in [0.2, 0.25) is 5.02 Å². The predicted molar refractivity (Wildman–Crippen MR) is 80.9 cm³/mol. The number of pyridine rings is 1. The van der Waals surface area contributed by atoms with Crippen LogP contribution < -0.4 is 11.1 Å². The van der Waals surface area contributed by atoms with Gasteiger partial charge in [0, 0.05) is 17.3 Å². The van der Waals surface area contributed by atoms with Crippen molar-refractivity contribution in [3.63, 3.8) is 0 Å². The van der Waals surface area contributed by atoms with E-state index in [1.165, 1.54) is 0 Å². The Morgan fingerprint density at radius 3 is 2.63 bits per heavy atom. The highest BCUT2D eigenvalue weighted by Crippen LogP contribution is 2.31. The number of halogens is 1. The van der Waals surface area contributed by atoms with Crippen molar-refractivity contribution in [1.29, 1.82) is 0 Å². The molecule has 0 spiro atoms. The van der Waals surface area contributed by atoms with E-state index < -0.39 is 0 Å². The number of nitrogens with zero attached hydrogens (tertiary/aromatic N) is 1. The molecule has 3 nitrogen and oxygen atoms in total. The molecular weight excluding hydrogens is 258 g/mol. The van der Waals surface area contributed by atoms with Crippen LogP contribution in [0, 0.1) is 0 Å². The lowest BCUT2D eigenvalue weighted by Crippen LogP contribution is -1.97. The number of benzene rings is 2. The van der Waals surface area contributed by atoms with Crippen LogP contribution in [0.3, 0.4) is 0 Å². The zero-order valence-corrected chi connectivity index (χ0v) is 10.9. The molecular formula is C15H12ClN3. The van der Waals surface area contributed by atoms with E-state index in [4.69, 9.17) is 17.3 Å². The second-order valence-corrected chi connectivity index (χ2v) is 4.61. The molecule has 94 valence electrons. The number of nitrogens with two attached hydrogens (primary N) is 1. The minimum Gasteiger partial charge on any atom is -0.396 e. The minimum absolute atomic E-state index is 0.545. The predicted octanol–water partition coefficient (Wildman–Crippen LogP) is 4.21. The van der Waals surface area contributed by atoms with E-state index in [2.05, 4.69) is 10.3 Å². The third kappa shape index (κ3) is 2.20. The number of nitrogens with one attached hydrogen (secondary N) is 1. The van der Waals surface area contributed by atoms with E-state index in [0.717, 1.165) is 22.3 Å². The molecule has 3 aromatic rings. The molecule has 0 unspecified atom stereocenters. The van der Waals surface area contributed by atoms with Crippen molar-refractivity contribution >= 4 is 39.6 Å². The van der Waals surface area contributed by atoms with E-state index in [-0.39, 0.29) is 0 Å². The number of hydrogen-bond donors (Lipinski definition) is 2. The molecule has 0 atom stereocenters. The molecule has 0 saturated heterocycles. The molecule has 0 amide bonds. The summed E-state index contributed by atoms with van der Waals surface area (Å²) < 4.78 is 0. The molecule has 0 aliphatic heterocycles. The lowest BCUT2D eigenvalue weighted by molar-refractivity contribution is 1.41. The molecule has 0 bridgehead atoms. The van der Waals surface area contributed by atoms with Crippen LogP contribution in [-0.4, -0.2) is 4.98 Å². The molecule has 0 saturated carbocycles. The van der Waals surface area contributed by atoms with Crippen molar-refractivity contribution < 1.29 is 0 Å². The van der Waals surface area contributed by atoms with Crippen LogP contribution in [0.1, 0.15) is 0 Å². The Labute approximate surface area is 116 Å². The number of rotatable bonds is 2. The van der Waals surface area contributed by atoms with E-state index in [0.29, 0.717) is 10.7 Å². The molecule has 4 heteroatoms. The summed E-state index contributed by atoms with van der Waals surface area (Å²) in [6.07, 6.45) is 1.78. The minimum atomic E-state index is 0.545. The van der Waals surface area contributed by atoms with Gasteiger partial charge < -0.3 is 11.1 Å². The maximum Gasteiger partial charge on any atom is 0.0742 e. The zero-order valence-electron chi connectivity index (χ0n) is 10.1. The topological polar surface area (TPSA) is 50.9 Å². The van der Waals surface area contributed by atoms with Crippen LogP contribution in [-0.2, 0) is 0 Å². The van der Waals surface area contributed by atoms with Gasteiger partial charge in [-0.15, -0.1) is 0 Å². The van der Waals surface area contributed by atoms with Crippen LogP contribution in [0.4, 0.5) is 17.1 Å². The number of para-hydroxylation sites is 1. The summed E-state index contributed by atoms with van der Waals surface area (Å²) >= 11 is 6.02. The molecule has 3 rings (SSSR count). The normalized spacial score (nSPS) is 10.6. The fourth-order valence-electron chi connectivity index (χ4n) is 2.00. The largest absolute Gasteiger partial charge is 0.396 e. The fourth-order valence-corrected chi connectivity index (χ4v) is 2.18. The van der Waals surface area contributed by atoms with Crippen LogP contribution >= 0.6 is 11.6 Å². The number of aromatic nitrogens is 1. The van der Waals surface area contributed by atoms with Gasteiger partial charge in [0.25, 0.3) is 0 Å². The first-order valence-electron chi connectivity index (χ1n) is 5.90. The highest BCUT2D eigenvalue weighted by Gasteiger charge is 2.05. The third-order valence-electron chi connectivity index (χ3n) is 2.97. The van der Waals surface area contributed by atoms with Crippen LogP contribution in [0.15, 0.2) is 54.7 Å². The molecule has 1 heterocycles. The van der Waals surface area contributed by atoms with Crippen molar-refractivity contribution in [1.82, 2.24) is 4.98 Å². The number of fused-ring (bicyclic) bond motifs is 1. The Balaban J connectivity index is 2.09. The van der Waals surface area contributed by atoms with E-state index in [1.54, 1.807) is 12.3 Å². The van der Waals surface area contributed by atoms with Gasteiger partial charge in [0.2, 0.25) is 0 Å². The number of nitrogen functional groups attached to an aromatic ring is 1. The van der Waals surface area contributed by atoms with Gasteiger partial charge in [-0.3, -0.25) is 4.98 Å². The van der Waals surface area contributed by atoms with E-state index in [1.807, 2.05) is 42.5 Å². The van der Waals surface area contributed by atoms with Crippen LogP contribution in [0.25, 0.3) is 10.9 Å². The first-order chi connectivity index (χ1) is 9.25. The molecule has 0 aliphatic rings. The average Bonchev–Trinajstić information content (AvgIpc) is 2.44. The Bertz CT molecular complexity index is 735. The van der Waals surface area contributed by atoms with Crippen molar-refractivity contribution in [2.75, 3.05) is 11.1 Å². The lowest BCUT2D eigenvalue weighted by atomic mass is 10.1. The summed E-state index contributed by atoms with van der Waals surface area (Å²) in [4.78, 5) is 4.33. The summed E-state index contributed by atoms with van der Waals surface area (Å²) in [6.45, 7) is 0. The number of anilines is 3. The molecule has 1 aromatic heterocycles. The van der Waals surface area contributed by atoms with Gasteiger partial charge in [0.15, 0.2) is 0 Å². The monoisotopic (exact) mass is 269 g/mol. The Kier molecular flexibility index (Phi) is 2.97. The first kappa shape index (κ1) is 11.8. The van der Waals surface area contributed by atoms with Gasteiger partial charge in [0.1, 0.15) is 0 Å². The third-order valence-corrected chi connectivity index (χ3v) is 3.30. The molecule has 3 N–H and O–H groups in total. The first-order valence-corrected chi connectivity index (χ1v) is 6.28. The summed E-state index contributed by atoms with van der Waals surface area (Å²) in [5, 5.41) is 4.90. The zero-order chi connectivity index (χ0) is 13.2. The van der Waals surface area contributed by atoms with Crippen molar-refractivity contribution in [2.24, 2.45) is 0 Å². The molecule has 0 fully saturated rings. The van der Waals surface area contributed by atoms with Crippen molar-refractivity contribution in [3.05, 3.63) is 59.8 Å². The fraction of sp³-hybridized carbons (Fsp3) is 0. The lowest BCUT2D eigenvalue weighted by Gasteiger charge is -2.12. The van der Waals surface area contributed by atoms with Gasteiger partial charge >= 0.3 is 0 Å². The van der Waals surface area contributed by atoms with Crippen LogP contribution in [0.5, 0.6) is 0 Å². The van der Waals surface area contributed by atoms with Gasteiger partial charge in [-0.2, -0.15) is 0 Å². The summed E-state index contributed by atoms with van der Waals surface area (Å²) in [6, 6.07) is 15.4. The van der Waals surface area contributed by atoms with E-state index >= 15 is 0 Å². The molecule has 2 aromatic carbocycles. The van der Waals surface area contributed by atoms with Gasteiger partial charge in [-0.25, -0.2) is 0 Å². The second kappa shape index (κ2) is 4.78. The Hall–Kier alpha value is -2.26. The molecule has 19 heavy (non-hydrogen) atoms. The summed E-state index contributed by atoms with van der Waals surface area (Å²) in [5.41, 5.74) is 9.20. The van der Waals surface area contributed by atoms with Gasteiger partial charge in [-0.05, 0) is 36.4 Å². The standard InChI is InChI=1S/C15H12ClN3/c16-11-5-1-8-14(15(11)17)19-13-7-2-6-12-10(13)4-3-9-18-12/h1-9,19H,17H2. The Morgan fingerprint density at radius 1 is 0.947 bits per heavy atom. The number of hydrogen-bond acceptors (Lipinski definition) is 3. The second-order valence-electron chi connectivity index (χ2n) is 4.20. The maximum atomic E-state index is 6.02. The van der Waals surface area contributed by atoms with Crippen molar-refractivity contribution in [2.45, 2.75) is 0 Å². The average molecular weight is 270 g/mol. The maximum absolute atomic E-state index is 6.02. The van der Waals surface area contributed by atoms with E-state index in [9.17, 15) is 0 Å². The highest BCUT2D eigenvalue weighted by atomic mass is 35.5. The smallest absolute Gasteiger partial charge is 0.0742 e. The molecule has 0 radical (unpaired) electrons. The quantitative estimate of drug-likeness (QED) is 0.685. The SMILES string of the molecule is Nc1c(Cl)cccc1Nc1cccc2ncccc12.